The summed E-state index contributed by atoms with van der Waals surface area (Å²) in [5.41, 5.74) is 0.817. The number of aromatic nitrogens is 4. The highest BCUT2D eigenvalue weighted by atomic mass is 16.6. The molecule has 24 heavy (non-hydrogen) atoms. The topological polar surface area (TPSA) is 113 Å². The molecule has 0 aromatic carbocycles. The first-order chi connectivity index (χ1) is 11.7. The number of rotatable bonds is 4. The highest BCUT2D eigenvalue weighted by Crippen LogP contribution is 2.26. The normalized spacial score (nSPS) is 17.3. The van der Waals surface area contributed by atoms with E-state index in [4.69, 9.17) is 0 Å². The van der Waals surface area contributed by atoms with Crippen molar-refractivity contribution in [3.8, 4) is 0 Å². The van der Waals surface area contributed by atoms with Crippen LogP contribution in [0.2, 0.25) is 0 Å². The molecule has 4 rings (SSSR count). The van der Waals surface area contributed by atoms with Crippen molar-refractivity contribution in [1.82, 2.24) is 19.9 Å². The lowest BCUT2D eigenvalue weighted by Crippen LogP contribution is -2.27. The zero-order valence-corrected chi connectivity index (χ0v) is 12.7. The van der Waals surface area contributed by atoms with Gasteiger partial charge in [-0.3, -0.25) is 10.1 Å². The molecule has 9 heteroatoms. The number of anilines is 2. The molecule has 0 aliphatic carbocycles. The van der Waals surface area contributed by atoms with E-state index in [1.54, 1.807) is 12.4 Å². The summed E-state index contributed by atoms with van der Waals surface area (Å²) in [7, 11) is 0. The monoisotopic (exact) mass is 325 g/mol. The maximum Gasteiger partial charge on any atom is 0.287 e. The molecule has 1 fully saturated rings. The summed E-state index contributed by atoms with van der Waals surface area (Å²) in [6.07, 6.45) is 5.62. The number of nitrogens with one attached hydrogen (secondary N) is 2. The number of hydrogen-bond acceptors (Lipinski definition) is 7. The van der Waals surface area contributed by atoms with Crippen molar-refractivity contribution in [1.29, 1.82) is 0 Å². The van der Waals surface area contributed by atoms with E-state index >= 15 is 0 Å². The fourth-order valence-electron chi connectivity index (χ4n) is 2.97. The number of nitro groups is 1. The molecule has 0 radical (unpaired) electrons. The molecule has 0 spiro atoms. The van der Waals surface area contributed by atoms with Crippen molar-refractivity contribution < 1.29 is 4.92 Å². The third kappa shape index (κ3) is 2.60. The van der Waals surface area contributed by atoms with E-state index in [0.717, 1.165) is 36.4 Å². The number of nitrogens with zero attached hydrogens (tertiary/aromatic N) is 5. The summed E-state index contributed by atoms with van der Waals surface area (Å²) >= 11 is 0. The minimum absolute atomic E-state index is 0.00978. The van der Waals surface area contributed by atoms with Crippen molar-refractivity contribution >= 4 is 28.4 Å². The third-order valence-electron chi connectivity index (χ3n) is 4.13. The van der Waals surface area contributed by atoms with E-state index in [0.29, 0.717) is 5.82 Å². The Hall–Kier alpha value is -3.23. The van der Waals surface area contributed by atoms with Crippen LogP contribution in [0.3, 0.4) is 0 Å². The minimum Gasteiger partial charge on any atom is -0.365 e. The Bertz CT molecular complexity index is 877. The van der Waals surface area contributed by atoms with Crippen LogP contribution in [-0.4, -0.2) is 44.0 Å². The van der Waals surface area contributed by atoms with Gasteiger partial charge in [0.15, 0.2) is 0 Å². The maximum atomic E-state index is 10.7. The molecule has 3 aromatic heterocycles. The van der Waals surface area contributed by atoms with Gasteiger partial charge < -0.3 is 15.2 Å². The van der Waals surface area contributed by atoms with Crippen LogP contribution in [0, 0.1) is 10.1 Å². The largest absolute Gasteiger partial charge is 0.365 e. The molecule has 0 saturated carbocycles. The predicted octanol–water partition coefficient (Wildman–Crippen LogP) is 1.95. The molecular formula is C15H15N7O2. The van der Waals surface area contributed by atoms with Crippen molar-refractivity contribution in [2.75, 3.05) is 23.3 Å². The lowest BCUT2D eigenvalue weighted by Gasteiger charge is -2.18. The van der Waals surface area contributed by atoms with Crippen LogP contribution in [0.1, 0.15) is 6.42 Å². The predicted molar refractivity (Wildman–Crippen MR) is 89.0 cm³/mol. The Morgan fingerprint density at radius 2 is 2.21 bits per heavy atom. The van der Waals surface area contributed by atoms with Crippen LogP contribution < -0.4 is 10.2 Å². The second kappa shape index (κ2) is 5.76. The highest BCUT2D eigenvalue weighted by molar-refractivity contribution is 5.87. The molecule has 1 aliphatic heterocycles. The first-order valence-electron chi connectivity index (χ1n) is 7.61. The van der Waals surface area contributed by atoms with Gasteiger partial charge in [0.2, 0.25) is 0 Å². The van der Waals surface area contributed by atoms with Gasteiger partial charge in [-0.05, 0) is 18.6 Å². The van der Waals surface area contributed by atoms with Gasteiger partial charge in [0.05, 0.1) is 10.3 Å². The smallest absolute Gasteiger partial charge is 0.287 e. The van der Waals surface area contributed by atoms with Gasteiger partial charge >= 0.3 is 0 Å². The van der Waals surface area contributed by atoms with Gasteiger partial charge in [-0.25, -0.2) is 15.0 Å². The number of pyridine rings is 1. The standard InChI is InChI=1S/C15H15N7O2/c23-22(24)11-1-2-13(17-7-11)20-10-4-6-21(8-10)15-12-3-5-16-14(12)18-9-19-15/h1-3,5,7,9-10H,4,6,8H2,(H,17,20)(H,16,18,19)/t10-/m1/s1. The van der Waals surface area contributed by atoms with Gasteiger partial charge in [-0.15, -0.1) is 0 Å². The Morgan fingerprint density at radius 1 is 1.29 bits per heavy atom. The second-order valence-electron chi connectivity index (χ2n) is 5.67. The molecule has 1 saturated heterocycles. The molecule has 3 aromatic rings. The van der Waals surface area contributed by atoms with Crippen LogP contribution >= 0.6 is 0 Å². The van der Waals surface area contributed by atoms with Gasteiger partial charge in [0.1, 0.15) is 29.8 Å². The first kappa shape index (κ1) is 14.4. The molecule has 1 atom stereocenters. The number of hydrogen-bond donors (Lipinski definition) is 2. The van der Waals surface area contributed by atoms with E-state index < -0.39 is 4.92 Å². The number of aromatic amines is 1. The van der Waals surface area contributed by atoms with Crippen LogP contribution in [0.15, 0.2) is 36.9 Å². The average molecular weight is 325 g/mol. The molecule has 0 unspecified atom stereocenters. The molecule has 0 amide bonds. The van der Waals surface area contributed by atoms with Crippen LogP contribution in [0.5, 0.6) is 0 Å². The SMILES string of the molecule is O=[N+]([O-])c1ccc(N[C@@H]2CCN(c3ncnc4[nH]ccc34)C2)nc1. The van der Waals surface area contributed by atoms with Crippen LogP contribution in [0.25, 0.3) is 11.0 Å². The van der Waals surface area contributed by atoms with E-state index in [-0.39, 0.29) is 11.7 Å². The zero-order chi connectivity index (χ0) is 16.5. The lowest BCUT2D eigenvalue weighted by molar-refractivity contribution is -0.385. The van der Waals surface area contributed by atoms with E-state index in [9.17, 15) is 10.1 Å². The molecule has 0 bridgehead atoms. The van der Waals surface area contributed by atoms with Crippen molar-refractivity contribution in [2.24, 2.45) is 0 Å². The average Bonchev–Trinajstić information content (AvgIpc) is 3.24. The Balaban J connectivity index is 1.46. The molecular weight excluding hydrogens is 310 g/mol. The summed E-state index contributed by atoms with van der Waals surface area (Å²) in [4.78, 5) is 28.2. The van der Waals surface area contributed by atoms with Gasteiger partial charge in [-0.1, -0.05) is 0 Å². The maximum absolute atomic E-state index is 10.7. The molecule has 1 aliphatic rings. The number of fused-ring (bicyclic) bond motifs is 1. The Labute approximate surface area is 136 Å². The summed E-state index contributed by atoms with van der Waals surface area (Å²) < 4.78 is 0. The lowest BCUT2D eigenvalue weighted by atomic mass is 10.2. The fraction of sp³-hybridized carbons (Fsp3) is 0.267. The highest BCUT2D eigenvalue weighted by Gasteiger charge is 2.25. The quantitative estimate of drug-likeness (QED) is 0.557. The molecule has 2 N–H and O–H groups in total. The first-order valence-corrected chi connectivity index (χ1v) is 7.61. The molecule has 9 nitrogen and oxygen atoms in total. The summed E-state index contributed by atoms with van der Waals surface area (Å²) in [5, 5.41) is 15.0. The van der Waals surface area contributed by atoms with Crippen molar-refractivity contribution in [2.45, 2.75) is 12.5 Å². The van der Waals surface area contributed by atoms with Crippen molar-refractivity contribution in [3.05, 3.63) is 47.0 Å². The summed E-state index contributed by atoms with van der Waals surface area (Å²) in [5.74, 6) is 1.56. The minimum atomic E-state index is -0.453. The third-order valence-corrected chi connectivity index (χ3v) is 4.13. The fourth-order valence-corrected chi connectivity index (χ4v) is 2.97. The Kier molecular flexibility index (Phi) is 3.45. The van der Waals surface area contributed by atoms with Gasteiger partial charge in [-0.2, -0.15) is 0 Å². The summed E-state index contributed by atoms with van der Waals surface area (Å²) in [6.45, 7) is 1.66. The zero-order valence-electron chi connectivity index (χ0n) is 12.7. The van der Waals surface area contributed by atoms with E-state index in [1.807, 2.05) is 12.3 Å². The second-order valence-corrected chi connectivity index (χ2v) is 5.67. The van der Waals surface area contributed by atoms with Crippen molar-refractivity contribution in [3.63, 3.8) is 0 Å². The van der Waals surface area contributed by atoms with Crippen LogP contribution in [-0.2, 0) is 0 Å². The van der Waals surface area contributed by atoms with E-state index in [2.05, 4.69) is 30.2 Å². The van der Waals surface area contributed by atoms with Crippen LogP contribution in [0.4, 0.5) is 17.3 Å². The van der Waals surface area contributed by atoms with Gasteiger partial charge in [0, 0.05) is 31.4 Å². The molecule has 4 heterocycles. The Morgan fingerprint density at radius 3 is 3.00 bits per heavy atom. The number of H-pyrrole nitrogens is 1. The van der Waals surface area contributed by atoms with Gasteiger partial charge in [0.25, 0.3) is 5.69 Å². The summed E-state index contributed by atoms with van der Waals surface area (Å²) in [6, 6.07) is 5.28. The van der Waals surface area contributed by atoms with E-state index in [1.165, 1.54) is 12.3 Å². The molecule has 122 valence electrons.